The van der Waals surface area contributed by atoms with Crippen LogP contribution >= 0.6 is 0 Å². The van der Waals surface area contributed by atoms with E-state index in [4.69, 9.17) is 10.5 Å². The summed E-state index contributed by atoms with van der Waals surface area (Å²) in [5.41, 5.74) is 3.85. The van der Waals surface area contributed by atoms with Gasteiger partial charge in [-0.15, -0.1) is 0 Å². The van der Waals surface area contributed by atoms with E-state index < -0.39 is 58.0 Å². The Morgan fingerprint density at radius 1 is 1.11 bits per heavy atom. The molecule has 240 valence electrons. The number of rotatable bonds is 8. The first-order chi connectivity index (χ1) is 21.1. The van der Waals surface area contributed by atoms with Crippen molar-refractivity contribution >= 4 is 23.2 Å². The minimum atomic E-state index is -2.68. The van der Waals surface area contributed by atoms with E-state index in [1.807, 2.05) is 25.2 Å². The van der Waals surface area contributed by atoms with Crippen LogP contribution in [0.15, 0.2) is 53.3 Å². The SMILES string of the molecule is COc1c(CN(C)CC(C)(C)c2ccccc2)cc(O)c2c1C[C@H]1C[C@H]3[C@H](N(C)C)C(=O)C(C(N)=O)=C(O)[C@@]3(O)C(=O)C1=C2O. The molecule has 0 saturated heterocycles. The number of Topliss-reactive ketones (excluding diaryl/α,β-unsaturated/α-hetero) is 2. The van der Waals surface area contributed by atoms with Crippen molar-refractivity contribution in [1.29, 1.82) is 0 Å². The summed E-state index contributed by atoms with van der Waals surface area (Å²) in [6.45, 7) is 5.41. The normalized spacial score (nSPS) is 25.0. The smallest absolute Gasteiger partial charge is 0.255 e. The number of carbonyl (C=O) groups excluding carboxylic acids is 3. The number of nitrogens with zero attached hydrogens (tertiary/aromatic N) is 2. The summed E-state index contributed by atoms with van der Waals surface area (Å²) in [4.78, 5) is 43.2. The van der Waals surface area contributed by atoms with Gasteiger partial charge < -0.3 is 35.8 Å². The molecule has 0 radical (unpaired) electrons. The molecule has 1 amide bonds. The van der Waals surface area contributed by atoms with Gasteiger partial charge in [-0.1, -0.05) is 44.2 Å². The van der Waals surface area contributed by atoms with Crippen LogP contribution in [-0.2, 0) is 32.8 Å². The molecule has 1 saturated carbocycles. The molecule has 2 aromatic carbocycles. The molecule has 6 N–H and O–H groups in total. The summed E-state index contributed by atoms with van der Waals surface area (Å²) in [6, 6.07) is 10.5. The first-order valence-electron chi connectivity index (χ1n) is 14.9. The maximum Gasteiger partial charge on any atom is 0.255 e. The van der Waals surface area contributed by atoms with E-state index in [0.717, 1.165) is 0 Å². The highest BCUT2D eigenvalue weighted by atomic mass is 16.5. The molecule has 0 unspecified atom stereocenters. The highest BCUT2D eigenvalue weighted by molar-refractivity contribution is 6.24. The molecule has 3 aliphatic carbocycles. The average Bonchev–Trinajstić information content (AvgIpc) is 2.94. The van der Waals surface area contributed by atoms with Gasteiger partial charge in [0, 0.05) is 41.1 Å². The lowest BCUT2D eigenvalue weighted by atomic mass is 9.57. The van der Waals surface area contributed by atoms with Crippen LogP contribution in [0.1, 0.15) is 42.5 Å². The molecule has 11 nitrogen and oxygen atoms in total. The average molecular weight is 620 g/mol. The monoisotopic (exact) mass is 619 g/mol. The van der Waals surface area contributed by atoms with Crippen molar-refractivity contribution < 1.29 is 39.5 Å². The lowest BCUT2D eigenvalue weighted by molar-refractivity contribution is -0.153. The molecule has 3 aliphatic rings. The first kappa shape index (κ1) is 32.2. The van der Waals surface area contributed by atoms with E-state index >= 15 is 0 Å². The number of hydrogen-bond donors (Lipinski definition) is 5. The van der Waals surface area contributed by atoms with Crippen LogP contribution in [0.2, 0.25) is 0 Å². The van der Waals surface area contributed by atoms with Crippen LogP contribution in [0.5, 0.6) is 11.5 Å². The van der Waals surface area contributed by atoms with Crippen molar-refractivity contribution in [3.05, 3.63) is 75.6 Å². The van der Waals surface area contributed by atoms with Gasteiger partial charge in [-0.25, -0.2) is 0 Å². The summed E-state index contributed by atoms with van der Waals surface area (Å²) < 4.78 is 5.86. The van der Waals surface area contributed by atoms with Crippen molar-refractivity contribution in [2.75, 3.05) is 34.8 Å². The fraction of sp³-hybridized carbons (Fsp3) is 0.441. The van der Waals surface area contributed by atoms with Crippen LogP contribution in [0.4, 0.5) is 0 Å². The number of ether oxygens (including phenoxy) is 1. The zero-order chi connectivity index (χ0) is 33.2. The van der Waals surface area contributed by atoms with Crippen LogP contribution in [0, 0.1) is 11.8 Å². The largest absolute Gasteiger partial charge is 0.508 e. The molecular weight excluding hydrogens is 578 g/mol. The molecule has 1 fully saturated rings. The Hall–Kier alpha value is -4.19. The van der Waals surface area contributed by atoms with Crippen LogP contribution in [0.3, 0.4) is 0 Å². The van der Waals surface area contributed by atoms with Crippen LogP contribution in [0.25, 0.3) is 5.76 Å². The number of ketones is 2. The fourth-order valence-corrected chi connectivity index (χ4v) is 7.73. The second kappa shape index (κ2) is 11.3. The zero-order valence-corrected chi connectivity index (χ0v) is 26.4. The molecule has 2 aromatic rings. The third kappa shape index (κ3) is 4.99. The maximum atomic E-state index is 14.1. The number of nitrogens with two attached hydrogens (primary N) is 1. The number of aliphatic hydroxyl groups excluding tert-OH is 2. The maximum absolute atomic E-state index is 14.1. The molecular formula is C34H41N3O8. The Balaban J connectivity index is 1.57. The van der Waals surface area contributed by atoms with Crippen molar-refractivity contribution in [1.82, 2.24) is 9.80 Å². The van der Waals surface area contributed by atoms with Crippen molar-refractivity contribution in [3.63, 3.8) is 0 Å². The third-order valence-electron chi connectivity index (χ3n) is 9.61. The van der Waals surface area contributed by atoms with E-state index in [2.05, 4.69) is 30.9 Å². The van der Waals surface area contributed by atoms with Gasteiger partial charge in [0.2, 0.25) is 5.78 Å². The van der Waals surface area contributed by atoms with E-state index in [1.54, 1.807) is 14.1 Å². The fourth-order valence-electron chi connectivity index (χ4n) is 7.73. The molecule has 4 atom stereocenters. The number of primary amides is 1. The Bertz CT molecular complexity index is 1640. The molecule has 5 rings (SSSR count). The molecule has 45 heavy (non-hydrogen) atoms. The molecule has 0 spiro atoms. The van der Waals surface area contributed by atoms with Crippen molar-refractivity contribution in [2.45, 2.75) is 50.3 Å². The standard InChI is InChI=1S/C34H41N3O8/c1-33(2,19-10-8-7-9-11-19)16-37(5)15-18-14-22(38)24-20(29(18)45-6)12-17-13-21-26(36(3)4)28(40)25(32(35)43)31(42)34(21,44)30(41)23(17)27(24)39/h7-11,14,17,21,26,38-39,42,44H,12-13,15-16H2,1-6H3,(H2,35,43)/t17-,21-,26-,34-/m0/s1. The zero-order valence-electron chi connectivity index (χ0n) is 26.4. The van der Waals surface area contributed by atoms with Gasteiger partial charge in [0.05, 0.1) is 18.7 Å². The minimum Gasteiger partial charge on any atom is -0.508 e. The summed E-state index contributed by atoms with van der Waals surface area (Å²) in [5.74, 6) is -6.43. The molecule has 0 aliphatic heterocycles. The number of carbonyl (C=O) groups is 3. The van der Waals surface area contributed by atoms with Gasteiger partial charge in [-0.05, 0) is 51.5 Å². The quantitative estimate of drug-likeness (QED) is 0.276. The number of likely N-dealkylation sites (N-methyl/N-ethyl adjacent to an activating group) is 2. The number of phenols is 1. The predicted molar refractivity (Wildman–Crippen MR) is 167 cm³/mol. The second-order valence-electron chi connectivity index (χ2n) is 13.3. The number of aliphatic hydroxyl groups is 3. The van der Waals surface area contributed by atoms with Crippen molar-refractivity contribution in [2.24, 2.45) is 17.6 Å². The topological polar surface area (TPSA) is 174 Å². The van der Waals surface area contributed by atoms with Gasteiger partial charge >= 0.3 is 0 Å². The Labute approximate surface area is 262 Å². The molecule has 0 aromatic heterocycles. The van der Waals surface area contributed by atoms with E-state index in [1.165, 1.54) is 23.6 Å². The highest BCUT2D eigenvalue weighted by Crippen LogP contribution is 2.54. The molecule has 0 heterocycles. The van der Waals surface area contributed by atoms with E-state index in [0.29, 0.717) is 30.0 Å². The molecule has 11 heteroatoms. The van der Waals surface area contributed by atoms with Crippen molar-refractivity contribution in [3.8, 4) is 11.5 Å². The summed E-state index contributed by atoms with van der Waals surface area (Å²) >= 11 is 0. The number of methoxy groups -OCH3 is 1. The number of amides is 1. The second-order valence-corrected chi connectivity index (χ2v) is 13.3. The number of hydrogen-bond acceptors (Lipinski definition) is 10. The van der Waals surface area contributed by atoms with Gasteiger partial charge in [0.1, 0.15) is 28.6 Å². The van der Waals surface area contributed by atoms with Gasteiger partial charge in [-0.3, -0.25) is 19.3 Å². The third-order valence-corrected chi connectivity index (χ3v) is 9.61. The predicted octanol–water partition coefficient (Wildman–Crippen LogP) is 2.38. The Kier molecular flexibility index (Phi) is 8.10. The lowest BCUT2D eigenvalue weighted by Gasteiger charge is -2.50. The van der Waals surface area contributed by atoms with E-state index in [-0.39, 0.29) is 35.1 Å². The Morgan fingerprint density at radius 3 is 2.33 bits per heavy atom. The van der Waals surface area contributed by atoms with Crippen LogP contribution in [-0.4, -0.2) is 94.1 Å². The number of benzene rings is 2. The summed E-state index contributed by atoms with van der Waals surface area (Å²) in [5, 5.41) is 45.6. The minimum absolute atomic E-state index is 0.000780. The van der Waals surface area contributed by atoms with E-state index in [9.17, 15) is 34.8 Å². The summed E-state index contributed by atoms with van der Waals surface area (Å²) in [7, 11) is 6.60. The number of fused-ring (bicyclic) bond motifs is 3. The summed E-state index contributed by atoms with van der Waals surface area (Å²) in [6.07, 6.45) is 0.156. The number of phenolic OH excluding ortho intramolecular Hbond substituents is 1. The molecule has 0 bridgehead atoms. The van der Waals surface area contributed by atoms with Gasteiger partial charge in [-0.2, -0.15) is 0 Å². The lowest BCUT2D eigenvalue weighted by Crippen LogP contribution is -2.65. The van der Waals surface area contributed by atoms with Crippen LogP contribution < -0.4 is 10.5 Å². The Morgan fingerprint density at radius 2 is 1.76 bits per heavy atom. The van der Waals surface area contributed by atoms with Gasteiger partial charge in [0.15, 0.2) is 11.4 Å². The first-order valence-corrected chi connectivity index (χ1v) is 14.9. The highest BCUT2D eigenvalue weighted by Gasteiger charge is 2.64. The number of aromatic hydroxyl groups is 1. The van der Waals surface area contributed by atoms with Gasteiger partial charge in [0.25, 0.3) is 5.91 Å².